The molecule has 3 aromatic rings. The number of nitrogens with zero attached hydrogens (tertiary/aromatic N) is 2. The zero-order chi connectivity index (χ0) is 19.8. The van der Waals surface area contributed by atoms with E-state index in [9.17, 15) is 9.18 Å². The molecule has 0 radical (unpaired) electrons. The molecule has 2 aromatic carbocycles. The highest BCUT2D eigenvalue weighted by Gasteiger charge is 2.13. The smallest absolute Gasteiger partial charge is 0.270 e. The molecule has 28 heavy (non-hydrogen) atoms. The summed E-state index contributed by atoms with van der Waals surface area (Å²) in [7, 11) is 0. The van der Waals surface area contributed by atoms with E-state index in [4.69, 9.17) is 0 Å². The van der Waals surface area contributed by atoms with Crippen LogP contribution in [0, 0.1) is 5.82 Å². The first-order chi connectivity index (χ1) is 13.7. The van der Waals surface area contributed by atoms with Crippen LogP contribution in [0.5, 0.6) is 0 Å². The number of carbonyl (C=O) groups is 1. The number of hydrogen-bond donors (Lipinski definition) is 2. The van der Waals surface area contributed by atoms with Crippen molar-refractivity contribution in [3.63, 3.8) is 0 Å². The van der Waals surface area contributed by atoms with Crippen molar-refractivity contribution in [3.8, 4) is 11.4 Å². The molecule has 1 aromatic heterocycles. The summed E-state index contributed by atoms with van der Waals surface area (Å²) in [6.07, 6.45) is 1.90. The molecular formula is C22H23FN4O. The van der Waals surface area contributed by atoms with E-state index in [2.05, 4.69) is 27.5 Å². The van der Waals surface area contributed by atoms with Crippen molar-refractivity contribution < 1.29 is 9.18 Å². The van der Waals surface area contributed by atoms with Crippen molar-refractivity contribution in [2.45, 2.75) is 26.3 Å². The SMILES string of the molecule is CCCCNC(=O)c1cc(NCc2ccccc2F)nc(-c2ccccc2)n1. The molecule has 5 nitrogen and oxygen atoms in total. The number of carbonyl (C=O) groups excluding carboxylic acids is 1. The zero-order valence-corrected chi connectivity index (χ0v) is 15.8. The van der Waals surface area contributed by atoms with E-state index >= 15 is 0 Å². The zero-order valence-electron chi connectivity index (χ0n) is 15.8. The van der Waals surface area contributed by atoms with E-state index in [0.29, 0.717) is 23.8 Å². The van der Waals surface area contributed by atoms with Gasteiger partial charge in [-0.2, -0.15) is 0 Å². The van der Waals surface area contributed by atoms with E-state index in [1.165, 1.54) is 6.07 Å². The number of aromatic nitrogens is 2. The number of benzene rings is 2. The second-order valence-electron chi connectivity index (χ2n) is 6.38. The summed E-state index contributed by atoms with van der Waals surface area (Å²) in [5.41, 5.74) is 1.61. The minimum absolute atomic E-state index is 0.248. The molecule has 0 fully saturated rings. The van der Waals surface area contributed by atoms with Gasteiger partial charge < -0.3 is 10.6 Å². The van der Waals surface area contributed by atoms with Crippen molar-refractivity contribution in [1.29, 1.82) is 0 Å². The molecule has 144 valence electrons. The Balaban J connectivity index is 1.86. The van der Waals surface area contributed by atoms with Gasteiger partial charge in [-0.1, -0.05) is 61.9 Å². The second kappa shape index (κ2) is 9.60. The molecule has 3 rings (SSSR count). The minimum atomic E-state index is -0.287. The van der Waals surface area contributed by atoms with E-state index in [0.717, 1.165) is 18.4 Å². The van der Waals surface area contributed by atoms with Crippen LogP contribution in [0.3, 0.4) is 0 Å². The van der Waals surface area contributed by atoms with Crippen LogP contribution in [0.2, 0.25) is 0 Å². The third-order valence-electron chi connectivity index (χ3n) is 4.22. The molecule has 0 unspecified atom stereocenters. The molecule has 1 heterocycles. The number of unbranched alkanes of at least 4 members (excludes halogenated alkanes) is 1. The molecular weight excluding hydrogens is 355 g/mol. The molecule has 0 aliphatic rings. The predicted molar refractivity (Wildman–Crippen MR) is 108 cm³/mol. The van der Waals surface area contributed by atoms with Crippen LogP contribution in [0.4, 0.5) is 10.2 Å². The Kier molecular flexibility index (Phi) is 6.68. The van der Waals surface area contributed by atoms with Crippen molar-refractivity contribution >= 4 is 11.7 Å². The summed E-state index contributed by atoms with van der Waals surface area (Å²) < 4.78 is 13.9. The van der Waals surface area contributed by atoms with Gasteiger partial charge in [0.1, 0.15) is 17.3 Å². The van der Waals surface area contributed by atoms with Gasteiger partial charge in [-0.3, -0.25) is 4.79 Å². The molecule has 1 amide bonds. The van der Waals surface area contributed by atoms with Crippen LogP contribution in [0.1, 0.15) is 35.8 Å². The Hall–Kier alpha value is -3.28. The highest BCUT2D eigenvalue weighted by Crippen LogP contribution is 2.19. The lowest BCUT2D eigenvalue weighted by Gasteiger charge is -2.11. The lowest BCUT2D eigenvalue weighted by atomic mass is 10.2. The van der Waals surface area contributed by atoms with Crippen LogP contribution in [-0.2, 0) is 6.54 Å². The van der Waals surface area contributed by atoms with E-state index in [-0.39, 0.29) is 24.0 Å². The molecule has 0 aliphatic heterocycles. The van der Waals surface area contributed by atoms with E-state index in [1.54, 1.807) is 24.3 Å². The van der Waals surface area contributed by atoms with Crippen molar-refractivity contribution in [1.82, 2.24) is 15.3 Å². The van der Waals surface area contributed by atoms with Crippen LogP contribution < -0.4 is 10.6 Å². The Morgan fingerprint density at radius 2 is 1.79 bits per heavy atom. The van der Waals surface area contributed by atoms with Crippen LogP contribution in [-0.4, -0.2) is 22.4 Å². The summed E-state index contributed by atoms with van der Waals surface area (Å²) in [6, 6.07) is 17.6. The first-order valence-electron chi connectivity index (χ1n) is 9.37. The third kappa shape index (κ3) is 5.13. The van der Waals surface area contributed by atoms with Crippen molar-refractivity contribution in [3.05, 3.63) is 77.7 Å². The molecule has 0 saturated heterocycles. The maximum Gasteiger partial charge on any atom is 0.270 e. The summed E-state index contributed by atoms with van der Waals surface area (Å²) >= 11 is 0. The standard InChI is InChI=1S/C22H23FN4O/c1-2-3-13-24-22(28)19-14-20(25-15-17-11-7-8-12-18(17)23)27-21(26-19)16-9-5-4-6-10-16/h4-12,14H,2-3,13,15H2,1H3,(H,24,28)(H,25,26,27). The Morgan fingerprint density at radius 1 is 1.04 bits per heavy atom. The highest BCUT2D eigenvalue weighted by atomic mass is 19.1. The second-order valence-corrected chi connectivity index (χ2v) is 6.38. The topological polar surface area (TPSA) is 66.9 Å². The van der Waals surface area contributed by atoms with Gasteiger partial charge in [-0.05, 0) is 12.5 Å². The molecule has 2 N–H and O–H groups in total. The maximum absolute atomic E-state index is 13.9. The van der Waals surface area contributed by atoms with Gasteiger partial charge in [0.2, 0.25) is 0 Å². The summed E-state index contributed by atoms with van der Waals surface area (Å²) in [5, 5.41) is 5.98. The predicted octanol–water partition coefficient (Wildman–Crippen LogP) is 4.42. The lowest BCUT2D eigenvalue weighted by molar-refractivity contribution is 0.0948. The van der Waals surface area contributed by atoms with Gasteiger partial charge in [0, 0.05) is 30.3 Å². The summed E-state index contributed by atoms with van der Waals surface area (Å²) in [4.78, 5) is 21.4. The molecule has 0 bridgehead atoms. The average molecular weight is 378 g/mol. The Morgan fingerprint density at radius 3 is 2.54 bits per heavy atom. The quantitative estimate of drug-likeness (QED) is 0.569. The number of halogens is 1. The molecule has 0 atom stereocenters. The van der Waals surface area contributed by atoms with E-state index in [1.807, 2.05) is 30.3 Å². The van der Waals surface area contributed by atoms with Gasteiger partial charge in [0.05, 0.1) is 0 Å². The maximum atomic E-state index is 13.9. The lowest BCUT2D eigenvalue weighted by Crippen LogP contribution is -2.25. The number of hydrogen-bond acceptors (Lipinski definition) is 4. The van der Waals surface area contributed by atoms with Gasteiger partial charge >= 0.3 is 0 Å². The molecule has 6 heteroatoms. The molecule has 0 spiro atoms. The molecule has 0 saturated carbocycles. The fourth-order valence-corrected chi connectivity index (χ4v) is 2.67. The summed E-state index contributed by atoms with van der Waals surface area (Å²) in [5.74, 6) is 0.379. The van der Waals surface area contributed by atoms with Gasteiger partial charge in [0.25, 0.3) is 5.91 Å². The highest BCUT2D eigenvalue weighted by molar-refractivity contribution is 5.93. The average Bonchev–Trinajstić information content (AvgIpc) is 2.73. The number of amides is 1. The number of anilines is 1. The monoisotopic (exact) mass is 378 g/mol. The fourth-order valence-electron chi connectivity index (χ4n) is 2.67. The fraction of sp³-hybridized carbons (Fsp3) is 0.227. The normalized spacial score (nSPS) is 10.5. The van der Waals surface area contributed by atoms with Crippen molar-refractivity contribution in [2.75, 3.05) is 11.9 Å². The van der Waals surface area contributed by atoms with Gasteiger partial charge in [-0.15, -0.1) is 0 Å². The van der Waals surface area contributed by atoms with E-state index < -0.39 is 0 Å². The van der Waals surface area contributed by atoms with Crippen LogP contribution in [0.15, 0.2) is 60.7 Å². The number of rotatable bonds is 8. The largest absolute Gasteiger partial charge is 0.366 e. The third-order valence-corrected chi connectivity index (χ3v) is 4.22. The number of nitrogens with one attached hydrogen (secondary N) is 2. The minimum Gasteiger partial charge on any atom is -0.366 e. The Bertz CT molecular complexity index is 931. The summed E-state index contributed by atoms with van der Waals surface area (Å²) in [6.45, 7) is 2.92. The first kappa shape index (κ1) is 19.5. The van der Waals surface area contributed by atoms with Gasteiger partial charge in [0.15, 0.2) is 5.82 Å². The van der Waals surface area contributed by atoms with Crippen LogP contribution in [0.25, 0.3) is 11.4 Å². The first-order valence-corrected chi connectivity index (χ1v) is 9.37. The van der Waals surface area contributed by atoms with Gasteiger partial charge in [-0.25, -0.2) is 14.4 Å². The van der Waals surface area contributed by atoms with Crippen LogP contribution >= 0.6 is 0 Å². The van der Waals surface area contributed by atoms with Crippen molar-refractivity contribution in [2.24, 2.45) is 0 Å². The Labute approximate surface area is 164 Å². The molecule has 0 aliphatic carbocycles.